The highest BCUT2D eigenvalue weighted by atomic mass is 15.1. The van der Waals surface area contributed by atoms with E-state index in [4.69, 9.17) is 11.1 Å². The van der Waals surface area contributed by atoms with E-state index in [1.54, 1.807) is 0 Å². The molecule has 0 atom stereocenters. The van der Waals surface area contributed by atoms with Crippen LogP contribution in [0.25, 0.3) is 0 Å². The molecule has 80 valence electrons. The van der Waals surface area contributed by atoms with E-state index < -0.39 is 0 Å². The Morgan fingerprint density at radius 3 is 2.36 bits per heavy atom. The van der Waals surface area contributed by atoms with Gasteiger partial charge in [0.25, 0.3) is 0 Å². The van der Waals surface area contributed by atoms with Crippen molar-refractivity contribution in [2.24, 2.45) is 17.6 Å². The Bertz CT molecular complexity index is 203. The minimum absolute atomic E-state index is 0.368. The maximum absolute atomic E-state index is 7.39. The van der Waals surface area contributed by atoms with Gasteiger partial charge in [-0.25, -0.2) is 0 Å². The highest BCUT2D eigenvalue weighted by Gasteiger charge is 2.24. The Balaban J connectivity index is 1.64. The SMILES string of the molecule is N=C(N)C1CCN(CCC2CC2)CC1. The van der Waals surface area contributed by atoms with E-state index >= 15 is 0 Å². The van der Waals surface area contributed by atoms with E-state index in [-0.39, 0.29) is 0 Å². The third-order valence-electron chi connectivity index (χ3n) is 3.58. The molecule has 0 aromatic carbocycles. The minimum Gasteiger partial charge on any atom is -0.387 e. The third-order valence-corrected chi connectivity index (χ3v) is 3.58. The molecule has 0 unspecified atom stereocenters. The molecule has 14 heavy (non-hydrogen) atoms. The van der Waals surface area contributed by atoms with Crippen molar-refractivity contribution in [2.45, 2.75) is 32.1 Å². The van der Waals surface area contributed by atoms with Crippen molar-refractivity contribution in [1.29, 1.82) is 5.41 Å². The van der Waals surface area contributed by atoms with Crippen molar-refractivity contribution in [2.75, 3.05) is 19.6 Å². The summed E-state index contributed by atoms with van der Waals surface area (Å²) in [6, 6.07) is 0. The number of nitrogens with two attached hydrogens (primary N) is 1. The molecule has 2 aliphatic rings. The van der Waals surface area contributed by atoms with Gasteiger partial charge in [0.1, 0.15) is 0 Å². The van der Waals surface area contributed by atoms with Crippen LogP contribution in [0.3, 0.4) is 0 Å². The van der Waals surface area contributed by atoms with Crippen LogP contribution in [0.15, 0.2) is 0 Å². The maximum atomic E-state index is 7.39. The molecule has 1 heterocycles. The molecule has 0 spiro atoms. The zero-order valence-corrected chi connectivity index (χ0v) is 8.84. The van der Waals surface area contributed by atoms with Crippen molar-refractivity contribution in [3.8, 4) is 0 Å². The zero-order valence-electron chi connectivity index (χ0n) is 8.84. The van der Waals surface area contributed by atoms with Gasteiger partial charge in [-0.2, -0.15) is 0 Å². The number of nitrogens with zero attached hydrogens (tertiary/aromatic N) is 1. The summed E-state index contributed by atoms with van der Waals surface area (Å²) >= 11 is 0. The molecule has 0 aromatic heterocycles. The molecule has 0 radical (unpaired) electrons. The van der Waals surface area contributed by atoms with E-state index in [0.717, 1.165) is 31.8 Å². The monoisotopic (exact) mass is 195 g/mol. The van der Waals surface area contributed by atoms with Crippen LogP contribution in [0.1, 0.15) is 32.1 Å². The molecule has 1 saturated heterocycles. The third kappa shape index (κ3) is 2.71. The topological polar surface area (TPSA) is 53.1 Å². The van der Waals surface area contributed by atoms with Gasteiger partial charge in [0.05, 0.1) is 5.84 Å². The summed E-state index contributed by atoms with van der Waals surface area (Å²) in [7, 11) is 0. The van der Waals surface area contributed by atoms with Crippen molar-refractivity contribution in [3.05, 3.63) is 0 Å². The molecular formula is C11H21N3. The van der Waals surface area contributed by atoms with Crippen molar-refractivity contribution in [3.63, 3.8) is 0 Å². The van der Waals surface area contributed by atoms with Crippen LogP contribution < -0.4 is 5.73 Å². The van der Waals surface area contributed by atoms with Crippen LogP contribution in [-0.4, -0.2) is 30.4 Å². The summed E-state index contributed by atoms with van der Waals surface area (Å²) in [4.78, 5) is 2.54. The largest absolute Gasteiger partial charge is 0.387 e. The Morgan fingerprint density at radius 1 is 1.21 bits per heavy atom. The molecule has 3 N–H and O–H groups in total. The van der Waals surface area contributed by atoms with Gasteiger partial charge in [0.15, 0.2) is 0 Å². The molecule has 3 heteroatoms. The van der Waals surface area contributed by atoms with Crippen LogP contribution in [0.4, 0.5) is 0 Å². The first kappa shape index (κ1) is 9.97. The Morgan fingerprint density at radius 2 is 1.86 bits per heavy atom. The number of rotatable bonds is 4. The Kier molecular flexibility index (Phi) is 3.06. The normalized spacial score (nSPS) is 25.1. The lowest BCUT2D eigenvalue weighted by Gasteiger charge is -2.31. The second kappa shape index (κ2) is 4.30. The van der Waals surface area contributed by atoms with E-state index in [0.29, 0.717) is 11.8 Å². The van der Waals surface area contributed by atoms with Crippen LogP contribution in [0.2, 0.25) is 0 Å². The molecule has 1 saturated carbocycles. The number of piperidine rings is 1. The lowest BCUT2D eigenvalue weighted by atomic mass is 9.96. The van der Waals surface area contributed by atoms with E-state index in [9.17, 15) is 0 Å². The summed E-state index contributed by atoms with van der Waals surface area (Å²) in [5.74, 6) is 1.81. The van der Waals surface area contributed by atoms with Crippen molar-refractivity contribution in [1.82, 2.24) is 4.90 Å². The number of hydrogen-bond acceptors (Lipinski definition) is 2. The predicted molar refractivity (Wildman–Crippen MR) is 58.4 cm³/mol. The fourth-order valence-electron chi connectivity index (χ4n) is 2.24. The first-order chi connectivity index (χ1) is 6.75. The molecule has 2 fully saturated rings. The second-order valence-corrected chi connectivity index (χ2v) is 4.80. The molecule has 1 aliphatic carbocycles. The van der Waals surface area contributed by atoms with E-state index in [2.05, 4.69) is 4.90 Å². The Hall–Kier alpha value is -0.570. The highest BCUT2D eigenvalue weighted by Crippen LogP contribution is 2.32. The first-order valence-electron chi connectivity index (χ1n) is 5.82. The van der Waals surface area contributed by atoms with Gasteiger partial charge in [0, 0.05) is 5.92 Å². The second-order valence-electron chi connectivity index (χ2n) is 4.80. The highest BCUT2D eigenvalue weighted by molar-refractivity contribution is 5.79. The van der Waals surface area contributed by atoms with Gasteiger partial charge < -0.3 is 10.6 Å². The molecule has 0 aromatic rings. The fraction of sp³-hybridized carbons (Fsp3) is 0.909. The summed E-state index contributed by atoms with van der Waals surface area (Å²) in [5, 5.41) is 7.39. The van der Waals surface area contributed by atoms with Crippen LogP contribution >= 0.6 is 0 Å². The van der Waals surface area contributed by atoms with Crippen molar-refractivity contribution >= 4 is 5.84 Å². The summed E-state index contributed by atoms with van der Waals surface area (Å²) in [6.45, 7) is 3.57. The lowest BCUT2D eigenvalue weighted by Crippen LogP contribution is -2.38. The number of amidine groups is 1. The summed E-state index contributed by atoms with van der Waals surface area (Å²) in [6.07, 6.45) is 6.51. The Labute approximate surface area is 86.2 Å². The maximum Gasteiger partial charge on any atom is 0.0937 e. The van der Waals surface area contributed by atoms with Crippen LogP contribution in [0.5, 0.6) is 0 Å². The van der Waals surface area contributed by atoms with Crippen molar-refractivity contribution < 1.29 is 0 Å². The van der Waals surface area contributed by atoms with E-state index in [1.807, 2.05) is 0 Å². The van der Waals surface area contributed by atoms with Crippen LogP contribution in [0, 0.1) is 17.2 Å². The molecular weight excluding hydrogens is 174 g/mol. The van der Waals surface area contributed by atoms with Crippen LogP contribution in [-0.2, 0) is 0 Å². The van der Waals surface area contributed by atoms with Gasteiger partial charge in [0.2, 0.25) is 0 Å². The standard InChI is InChI=1S/C11H21N3/c12-11(13)10-4-7-14(8-5-10)6-3-9-1-2-9/h9-10H,1-8H2,(H3,12,13). The average Bonchev–Trinajstić information content (AvgIpc) is 2.99. The summed E-state index contributed by atoms with van der Waals surface area (Å²) < 4.78 is 0. The molecule has 3 nitrogen and oxygen atoms in total. The zero-order chi connectivity index (χ0) is 9.97. The molecule has 0 amide bonds. The van der Waals surface area contributed by atoms with E-state index in [1.165, 1.54) is 25.8 Å². The van der Waals surface area contributed by atoms with Gasteiger partial charge in [-0.05, 0) is 44.8 Å². The minimum atomic E-state index is 0.368. The number of likely N-dealkylation sites (tertiary alicyclic amines) is 1. The molecule has 1 aliphatic heterocycles. The van der Waals surface area contributed by atoms with Gasteiger partial charge in [-0.3, -0.25) is 5.41 Å². The quantitative estimate of drug-likeness (QED) is 0.527. The average molecular weight is 195 g/mol. The number of nitrogens with one attached hydrogen (secondary N) is 1. The smallest absolute Gasteiger partial charge is 0.0937 e. The number of hydrogen-bond donors (Lipinski definition) is 2. The first-order valence-corrected chi connectivity index (χ1v) is 5.82. The molecule has 0 bridgehead atoms. The van der Waals surface area contributed by atoms with Gasteiger partial charge in [-0.15, -0.1) is 0 Å². The van der Waals surface area contributed by atoms with Gasteiger partial charge in [-0.1, -0.05) is 12.8 Å². The predicted octanol–water partition coefficient (Wildman–Crippen LogP) is 1.43. The fourth-order valence-corrected chi connectivity index (χ4v) is 2.24. The molecule has 2 rings (SSSR count). The summed E-state index contributed by atoms with van der Waals surface area (Å²) in [5.41, 5.74) is 5.51. The lowest BCUT2D eigenvalue weighted by molar-refractivity contribution is 0.203. The van der Waals surface area contributed by atoms with Gasteiger partial charge >= 0.3 is 0 Å².